The van der Waals surface area contributed by atoms with Crippen LogP contribution < -0.4 is 20.5 Å². The number of primary sulfonamides is 1. The van der Waals surface area contributed by atoms with E-state index in [2.05, 4.69) is 10.6 Å². The molecule has 0 atom stereocenters. The molecule has 128 valence electrons. The Morgan fingerprint density at radius 1 is 1.12 bits per heavy atom. The fraction of sp³-hybridized carbons (Fsp3) is 0.188. The zero-order valence-corrected chi connectivity index (χ0v) is 14.0. The summed E-state index contributed by atoms with van der Waals surface area (Å²) in [5.74, 6) is 0.362. The van der Waals surface area contributed by atoms with Crippen molar-refractivity contribution >= 4 is 21.6 Å². The van der Waals surface area contributed by atoms with Crippen LogP contribution in [0.1, 0.15) is 10.4 Å². The average molecular weight is 349 g/mol. The van der Waals surface area contributed by atoms with Gasteiger partial charge in [-0.1, -0.05) is 12.1 Å². The molecule has 24 heavy (non-hydrogen) atoms. The first kappa shape index (κ1) is 17.8. The molecule has 7 nitrogen and oxygen atoms in total. The van der Waals surface area contributed by atoms with E-state index in [9.17, 15) is 13.2 Å². The Morgan fingerprint density at radius 2 is 1.79 bits per heavy atom. The van der Waals surface area contributed by atoms with Crippen LogP contribution in [0.25, 0.3) is 0 Å². The predicted molar refractivity (Wildman–Crippen MR) is 91.6 cm³/mol. The summed E-state index contributed by atoms with van der Waals surface area (Å²) in [6.07, 6.45) is 0. The summed E-state index contributed by atoms with van der Waals surface area (Å²) in [6.45, 7) is 0.821. The fourth-order valence-electron chi connectivity index (χ4n) is 2.05. The van der Waals surface area contributed by atoms with Gasteiger partial charge in [0.2, 0.25) is 10.0 Å². The van der Waals surface area contributed by atoms with E-state index in [0.29, 0.717) is 30.2 Å². The first-order valence-electron chi connectivity index (χ1n) is 7.22. The highest BCUT2D eigenvalue weighted by Gasteiger charge is 2.09. The molecule has 1 amide bonds. The third-order valence-electron chi connectivity index (χ3n) is 3.24. The van der Waals surface area contributed by atoms with Gasteiger partial charge in [-0.05, 0) is 36.4 Å². The molecule has 4 N–H and O–H groups in total. The Morgan fingerprint density at radius 3 is 2.42 bits per heavy atom. The monoisotopic (exact) mass is 349 g/mol. The summed E-state index contributed by atoms with van der Waals surface area (Å²) in [4.78, 5) is 11.8. The highest BCUT2D eigenvalue weighted by Crippen LogP contribution is 2.16. The van der Waals surface area contributed by atoms with E-state index >= 15 is 0 Å². The average Bonchev–Trinajstić information content (AvgIpc) is 2.58. The van der Waals surface area contributed by atoms with Gasteiger partial charge >= 0.3 is 0 Å². The van der Waals surface area contributed by atoms with Gasteiger partial charge in [-0.15, -0.1) is 0 Å². The van der Waals surface area contributed by atoms with E-state index in [1.165, 1.54) is 24.3 Å². The fourth-order valence-corrected chi connectivity index (χ4v) is 2.57. The largest absolute Gasteiger partial charge is 0.492 e. The van der Waals surface area contributed by atoms with Crippen molar-refractivity contribution in [3.05, 3.63) is 54.1 Å². The second kappa shape index (κ2) is 7.80. The van der Waals surface area contributed by atoms with Crippen LogP contribution in [-0.4, -0.2) is 34.5 Å². The first-order chi connectivity index (χ1) is 11.4. The number of benzene rings is 2. The van der Waals surface area contributed by atoms with E-state index in [-0.39, 0.29) is 10.8 Å². The highest BCUT2D eigenvalue weighted by molar-refractivity contribution is 7.89. The van der Waals surface area contributed by atoms with Crippen molar-refractivity contribution < 1.29 is 17.9 Å². The van der Waals surface area contributed by atoms with Gasteiger partial charge in [-0.3, -0.25) is 4.79 Å². The van der Waals surface area contributed by atoms with Gasteiger partial charge in [0.1, 0.15) is 12.4 Å². The Hall–Kier alpha value is -2.58. The topological polar surface area (TPSA) is 111 Å². The minimum Gasteiger partial charge on any atom is -0.492 e. The van der Waals surface area contributed by atoms with Gasteiger partial charge in [0.25, 0.3) is 5.91 Å². The molecule has 8 heteroatoms. The SMILES string of the molecule is CNC(=O)c1ccccc1NCCOc1ccc(S(N)(=O)=O)cc1. The maximum Gasteiger partial charge on any atom is 0.253 e. The number of anilines is 1. The lowest BCUT2D eigenvalue weighted by Gasteiger charge is -2.12. The second-order valence-electron chi connectivity index (χ2n) is 4.92. The molecule has 2 aromatic carbocycles. The number of para-hydroxylation sites is 1. The van der Waals surface area contributed by atoms with Crippen LogP contribution in [0.15, 0.2) is 53.4 Å². The zero-order chi connectivity index (χ0) is 17.6. The number of hydrogen-bond acceptors (Lipinski definition) is 5. The number of rotatable bonds is 7. The van der Waals surface area contributed by atoms with Crippen LogP contribution in [0, 0.1) is 0 Å². The molecule has 0 aliphatic carbocycles. The van der Waals surface area contributed by atoms with Crippen molar-refractivity contribution in [2.75, 3.05) is 25.5 Å². The van der Waals surface area contributed by atoms with Crippen molar-refractivity contribution in [1.29, 1.82) is 0 Å². The number of nitrogens with two attached hydrogens (primary N) is 1. The summed E-state index contributed by atoms with van der Waals surface area (Å²) in [7, 11) is -2.13. The maximum atomic E-state index is 11.8. The molecule has 0 fully saturated rings. The van der Waals surface area contributed by atoms with Gasteiger partial charge in [-0.25, -0.2) is 13.6 Å². The number of ether oxygens (including phenoxy) is 1. The first-order valence-corrected chi connectivity index (χ1v) is 8.77. The van der Waals surface area contributed by atoms with E-state index in [0.717, 1.165) is 0 Å². The normalized spacial score (nSPS) is 10.9. The molecule has 0 aliphatic heterocycles. The molecule has 0 heterocycles. The number of sulfonamides is 1. The van der Waals surface area contributed by atoms with E-state index in [1.54, 1.807) is 19.2 Å². The summed E-state index contributed by atoms with van der Waals surface area (Å²) >= 11 is 0. The van der Waals surface area contributed by atoms with Gasteiger partial charge in [0, 0.05) is 19.3 Å². The molecule has 0 unspecified atom stereocenters. The Balaban J connectivity index is 1.89. The second-order valence-corrected chi connectivity index (χ2v) is 6.48. The smallest absolute Gasteiger partial charge is 0.253 e. The predicted octanol–water partition coefficient (Wildman–Crippen LogP) is 1.18. The number of nitrogens with one attached hydrogen (secondary N) is 2. The lowest BCUT2D eigenvalue weighted by Crippen LogP contribution is -2.20. The standard InChI is InChI=1S/C16H19N3O4S/c1-18-16(20)14-4-2-3-5-15(14)19-10-11-23-12-6-8-13(9-7-12)24(17,21)22/h2-9,19H,10-11H2,1H3,(H,18,20)(H2,17,21,22). The van der Waals surface area contributed by atoms with Crippen molar-refractivity contribution in [3.63, 3.8) is 0 Å². The number of carbonyl (C=O) groups is 1. The summed E-state index contributed by atoms with van der Waals surface area (Å²) in [5.41, 5.74) is 1.27. The Bertz CT molecular complexity index is 804. The van der Waals surface area contributed by atoms with Gasteiger partial charge in [0.15, 0.2) is 0 Å². The molecule has 0 bridgehead atoms. The van der Waals surface area contributed by atoms with Crippen LogP contribution in [0.2, 0.25) is 0 Å². The van der Waals surface area contributed by atoms with Crippen molar-refractivity contribution in [3.8, 4) is 5.75 Å². The van der Waals surface area contributed by atoms with Gasteiger partial charge in [-0.2, -0.15) is 0 Å². The minimum absolute atomic E-state index is 0.0347. The third-order valence-corrected chi connectivity index (χ3v) is 4.17. The van der Waals surface area contributed by atoms with E-state index < -0.39 is 10.0 Å². The van der Waals surface area contributed by atoms with Crippen molar-refractivity contribution in [2.45, 2.75) is 4.90 Å². The maximum absolute atomic E-state index is 11.8. The summed E-state index contributed by atoms with van der Waals surface area (Å²) in [5, 5.41) is 10.8. The van der Waals surface area contributed by atoms with Crippen LogP contribution in [0.5, 0.6) is 5.75 Å². The molecule has 0 spiro atoms. The highest BCUT2D eigenvalue weighted by atomic mass is 32.2. The van der Waals surface area contributed by atoms with Crippen LogP contribution in [-0.2, 0) is 10.0 Å². The quantitative estimate of drug-likeness (QED) is 0.650. The number of hydrogen-bond donors (Lipinski definition) is 3. The van der Waals surface area contributed by atoms with Gasteiger partial charge in [0.05, 0.1) is 10.5 Å². The zero-order valence-electron chi connectivity index (χ0n) is 13.2. The number of carbonyl (C=O) groups excluding carboxylic acids is 1. The Kier molecular flexibility index (Phi) is 5.78. The molecule has 2 rings (SSSR count). The molecule has 2 aromatic rings. The van der Waals surface area contributed by atoms with E-state index in [1.807, 2.05) is 12.1 Å². The van der Waals surface area contributed by atoms with Gasteiger partial charge < -0.3 is 15.4 Å². The molecule has 0 saturated heterocycles. The van der Waals surface area contributed by atoms with Crippen LogP contribution in [0.3, 0.4) is 0 Å². The minimum atomic E-state index is -3.70. The molecule has 0 saturated carbocycles. The van der Waals surface area contributed by atoms with Crippen molar-refractivity contribution in [1.82, 2.24) is 5.32 Å². The van der Waals surface area contributed by atoms with Crippen LogP contribution in [0.4, 0.5) is 5.69 Å². The molecular formula is C16H19N3O4S. The van der Waals surface area contributed by atoms with E-state index in [4.69, 9.17) is 9.88 Å². The number of amides is 1. The molecular weight excluding hydrogens is 330 g/mol. The summed E-state index contributed by atoms with van der Waals surface area (Å²) in [6, 6.07) is 13.0. The summed E-state index contributed by atoms with van der Waals surface area (Å²) < 4.78 is 27.9. The lowest BCUT2D eigenvalue weighted by molar-refractivity contribution is 0.0964. The Labute approximate surface area is 140 Å². The van der Waals surface area contributed by atoms with Crippen LogP contribution >= 0.6 is 0 Å². The third kappa shape index (κ3) is 4.71. The lowest BCUT2D eigenvalue weighted by atomic mass is 10.1. The molecule has 0 aromatic heterocycles. The molecule has 0 radical (unpaired) electrons. The molecule has 0 aliphatic rings. The van der Waals surface area contributed by atoms with Crippen molar-refractivity contribution in [2.24, 2.45) is 5.14 Å².